The van der Waals surface area contributed by atoms with E-state index in [-0.39, 0.29) is 17.9 Å². The first kappa shape index (κ1) is 11.2. The van der Waals surface area contributed by atoms with Gasteiger partial charge in [-0.25, -0.2) is 0 Å². The van der Waals surface area contributed by atoms with Gasteiger partial charge in [0.05, 0.1) is 13.1 Å². The summed E-state index contributed by atoms with van der Waals surface area (Å²) in [6.45, 7) is 7.02. The van der Waals surface area contributed by atoms with Gasteiger partial charge in [-0.05, 0) is 12.8 Å². The van der Waals surface area contributed by atoms with Crippen molar-refractivity contribution in [2.24, 2.45) is 5.92 Å². The largest absolute Gasteiger partial charge is 0.294 e. The number of nitrogens with zero attached hydrogens (tertiary/aromatic N) is 1. The topological polar surface area (TPSA) is 49.4 Å². The molecule has 0 aliphatic carbocycles. The average Bonchev–Trinajstić information content (AvgIpc) is 2.14. The molecule has 0 aromatic carbocycles. The Hall–Kier alpha value is -0.900. The number of carbonyl (C=O) groups excluding carboxylic acids is 2. The number of rotatable bonds is 3. The first-order valence-electron chi connectivity index (χ1n) is 5.11. The van der Waals surface area contributed by atoms with Crippen LogP contribution in [0.5, 0.6) is 0 Å². The van der Waals surface area contributed by atoms with Gasteiger partial charge >= 0.3 is 0 Å². The molecule has 1 fully saturated rings. The molecule has 2 unspecified atom stereocenters. The molecule has 1 aliphatic heterocycles. The summed E-state index contributed by atoms with van der Waals surface area (Å²) in [5, 5.41) is 2.30. The van der Waals surface area contributed by atoms with Crippen LogP contribution in [0.15, 0.2) is 0 Å². The number of nitrogens with one attached hydrogen (secondary N) is 1. The number of hydrogen-bond acceptors (Lipinski definition) is 3. The highest BCUT2D eigenvalue weighted by Crippen LogP contribution is 2.14. The molecule has 0 bridgehead atoms. The van der Waals surface area contributed by atoms with Crippen molar-refractivity contribution >= 4 is 11.8 Å². The van der Waals surface area contributed by atoms with Crippen molar-refractivity contribution in [3.05, 3.63) is 0 Å². The Morgan fingerprint density at radius 1 is 1.29 bits per heavy atom. The maximum Gasteiger partial charge on any atom is 0.240 e. The molecule has 2 amide bonds. The molecule has 14 heavy (non-hydrogen) atoms. The Labute approximate surface area is 84.7 Å². The highest BCUT2D eigenvalue weighted by molar-refractivity contribution is 5.99. The Bertz CT molecular complexity index is 224. The summed E-state index contributed by atoms with van der Waals surface area (Å²) in [7, 11) is 0. The fraction of sp³-hybridized carbons (Fsp3) is 0.800. The molecule has 0 aromatic heterocycles. The standard InChI is InChI=1S/C10H18N2O2/c1-4-7(2)8(3)12-5-9(13)11-10(14)6-12/h7-8H,4-6H2,1-3H3,(H,11,13,14). The highest BCUT2D eigenvalue weighted by Gasteiger charge is 2.27. The maximum absolute atomic E-state index is 11.1. The van der Waals surface area contributed by atoms with E-state index in [1.807, 2.05) is 4.90 Å². The van der Waals surface area contributed by atoms with Gasteiger partial charge in [-0.15, -0.1) is 0 Å². The Balaban J connectivity index is 2.58. The molecule has 0 spiro atoms. The number of carbonyl (C=O) groups is 2. The molecule has 4 nitrogen and oxygen atoms in total. The molecule has 2 atom stereocenters. The minimum Gasteiger partial charge on any atom is -0.294 e. The van der Waals surface area contributed by atoms with Crippen LogP contribution in [0.4, 0.5) is 0 Å². The molecule has 1 N–H and O–H groups in total. The summed E-state index contributed by atoms with van der Waals surface area (Å²) in [5.74, 6) is 0.140. The minimum atomic E-state index is -0.184. The van der Waals surface area contributed by atoms with Gasteiger partial charge in [-0.3, -0.25) is 19.8 Å². The number of imide groups is 1. The van der Waals surface area contributed by atoms with E-state index in [1.165, 1.54) is 0 Å². The molecule has 1 heterocycles. The van der Waals surface area contributed by atoms with Crippen LogP contribution in [0.25, 0.3) is 0 Å². The third-order valence-electron chi connectivity index (χ3n) is 3.02. The smallest absolute Gasteiger partial charge is 0.240 e. The van der Waals surface area contributed by atoms with Crippen molar-refractivity contribution in [1.29, 1.82) is 0 Å². The lowest BCUT2D eigenvalue weighted by molar-refractivity contribution is -0.137. The third-order valence-corrected chi connectivity index (χ3v) is 3.02. The van der Waals surface area contributed by atoms with E-state index in [0.717, 1.165) is 6.42 Å². The zero-order valence-corrected chi connectivity index (χ0v) is 9.04. The van der Waals surface area contributed by atoms with Crippen LogP contribution >= 0.6 is 0 Å². The molecular formula is C10H18N2O2. The predicted molar refractivity (Wildman–Crippen MR) is 53.6 cm³/mol. The van der Waals surface area contributed by atoms with Crippen molar-refractivity contribution < 1.29 is 9.59 Å². The lowest BCUT2D eigenvalue weighted by Crippen LogP contribution is -2.55. The summed E-state index contributed by atoms with van der Waals surface area (Å²) in [5.41, 5.74) is 0. The van der Waals surface area contributed by atoms with Crippen LogP contribution in [-0.2, 0) is 9.59 Å². The minimum absolute atomic E-state index is 0.184. The van der Waals surface area contributed by atoms with Gasteiger partial charge in [0.25, 0.3) is 0 Å². The summed E-state index contributed by atoms with van der Waals surface area (Å²) < 4.78 is 0. The molecule has 1 saturated heterocycles. The first-order valence-corrected chi connectivity index (χ1v) is 5.11. The van der Waals surface area contributed by atoms with E-state index in [0.29, 0.717) is 19.0 Å². The molecule has 0 aromatic rings. The third kappa shape index (κ3) is 2.54. The molecule has 0 radical (unpaired) electrons. The number of hydrogen-bond donors (Lipinski definition) is 1. The van der Waals surface area contributed by atoms with Crippen molar-refractivity contribution in [3.63, 3.8) is 0 Å². The zero-order chi connectivity index (χ0) is 10.7. The van der Waals surface area contributed by atoms with Gasteiger partial charge in [0.15, 0.2) is 0 Å². The number of piperazine rings is 1. The molecule has 1 aliphatic rings. The highest BCUT2D eigenvalue weighted by atomic mass is 16.2. The maximum atomic E-state index is 11.1. The molecule has 4 heteroatoms. The van der Waals surface area contributed by atoms with Gasteiger partial charge in [-0.2, -0.15) is 0 Å². The van der Waals surface area contributed by atoms with Crippen molar-refractivity contribution in [3.8, 4) is 0 Å². The normalized spacial score (nSPS) is 23.1. The van der Waals surface area contributed by atoms with Crippen molar-refractivity contribution in [2.45, 2.75) is 33.2 Å². The van der Waals surface area contributed by atoms with Crippen LogP contribution in [0.2, 0.25) is 0 Å². The second-order valence-electron chi connectivity index (χ2n) is 4.00. The second-order valence-corrected chi connectivity index (χ2v) is 4.00. The lowest BCUT2D eigenvalue weighted by Gasteiger charge is -2.34. The fourth-order valence-corrected chi connectivity index (χ4v) is 1.65. The van der Waals surface area contributed by atoms with Crippen molar-refractivity contribution in [1.82, 2.24) is 10.2 Å². The molecule has 80 valence electrons. The van der Waals surface area contributed by atoms with Crippen LogP contribution < -0.4 is 5.32 Å². The molecule has 0 saturated carbocycles. The predicted octanol–water partition coefficient (Wildman–Crippen LogP) is 0.379. The van der Waals surface area contributed by atoms with E-state index in [1.54, 1.807) is 0 Å². The average molecular weight is 198 g/mol. The first-order chi connectivity index (χ1) is 6.54. The van der Waals surface area contributed by atoms with Crippen LogP contribution in [0, 0.1) is 5.92 Å². The molecule has 1 rings (SSSR count). The summed E-state index contributed by atoms with van der Waals surface area (Å²) in [6, 6.07) is 0.287. The van der Waals surface area contributed by atoms with E-state index >= 15 is 0 Å². The van der Waals surface area contributed by atoms with Crippen LogP contribution in [0.1, 0.15) is 27.2 Å². The summed E-state index contributed by atoms with van der Waals surface area (Å²) in [6.07, 6.45) is 1.06. The van der Waals surface area contributed by atoms with Crippen LogP contribution in [0.3, 0.4) is 0 Å². The fourth-order valence-electron chi connectivity index (χ4n) is 1.65. The van der Waals surface area contributed by atoms with E-state index in [4.69, 9.17) is 0 Å². The summed E-state index contributed by atoms with van der Waals surface area (Å²) >= 11 is 0. The quantitative estimate of drug-likeness (QED) is 0.667. The van der Waals surface area contributed by atoms with Crippen molar-refractivity contribution in [2.75, 3.05) is 13.1 Å². The Morgan fingerprint density at radius 3 is 2.21 bits per heavy atom. The Morgan fingerprint density at radius 2 is 1.79 bits per heavy atom. The zero-order valence-electron chi connectivity index (χ0n) is 9.04. The van der Waals surface area contributed by atoms with Crippen LogP contribution in [-0.4, -0.2) is 35.8 Å². The Kier molecular flexibility index (Phi) is 3.63. The van der Waals surface area contributed by atoms with E-state index in [2.05, 4.69) is 26.1 Å². The van der Waals surface area contributed by atoms with E-state index < -0.39 is 0 Å². The lowest BCUT2D eigenvalue weighted by atomic mass is 9.99. The van der Waals surface area contributed by atoms with Gasteiger partial charge in [0.1, 0.15) is 0 Å². The van der Waals surface area contributed by atoms with Gasteiger partial charge < -0.3 is 0 Å². The number of amides is 2. The van der Waals surface area contributed by atoms with E-state index in [9.17, 15) is 9.59 Å². The monoisotopic (exact) mass is 198 g/mol. The summed E-state index contributed by atoms with van der Waals surface area (Å²) in [4.78, 5) is 24.2. The second kappa shape index (κ2) is 4.55. The van der Waals surface area contributed by atoms with Gasteiger partial charge in [0.2, 0.25) is 11.8 Å². The van der Waals surface area contributed by atoms with Gasteiger partial charge in [-0.1, -0.05) is 20.3 Å². The van der Waals surface area contributed by atoms with Gasteiger partial charge in [0, 0.05) is 6.04 Å². The SMILES string of the molecule is CCC(C)C(C)N1CC(=O)NC(=O)C1. The molecular weight excluding hydrogens is 180 g/mol.